The quantitative estimate of drug-likeness (QED) is 0.429. The Morgan fingerprint density at radius 2 is 1.77 bits per heavy atom. The molecule has 0 atom stereocenters. The predicted molar refractivity (Wildman–Crippen MR) is 63.8 cm³/mol. The third-order valence-electron chi connectivity index (χ3n) is 1.12. The average Bonchev–Trinajstić information content (AvgIpc) is 2.20. The molecular formula is C13H20. The van der Waals surface area contributed by atoms with E-state index in [4.69, 9.17) is 0 Å². The molecular weight excluding hydrogens is 156 g/mol. The normalized spacial score (nSPS) is 9.38. The number of hydrogen-bond acceptors (Lipinski definition) is 0. The SMILES string of the molecule is C=CC/C=C\C=C/C(=C)C=C.CC. The summed E-state index contributed by atoms with van der Waals surface area (Å²) < 4.78 is 0. The van der Waals surface area contributed by atoms with Crippen molar-refractivity contribution in [3.63, 3.8) is 0 Å². The van der Waals surface area contributed by atoms with Gasteiger partial charge in [-0.05, 0) is 12.0 Å². The maximum Gasteiger partial charge on any atom is -0.0169 e. The summed E-state index contributed by atoms with van der Waals surface area (Å²) in [5, 5.41) is 0. The van der Waals surface area contributed by atoms with Gasteiger partial charge in [-0.25, -0.2) is 0 Å². The Kier molecular flexibility index (Phi) is 14.6. The molecule has 0 aliphatic rings. The van der Waals surface area contributed by atoms with Crippen LogP contribution < -0.4 is 0 Å². The highest BCUT2D eigenvalue weighted by atomic mass is 13.8. The van der Waals surface area contributed by atoms with Crippen molar-refractivity contribution in [3.05, 3.63) is 61.8 Å². The van der Waals surface area contributed by atoms with Crippen LogP contribution in [0.15, 0.2) is 61.8 Å². The summed E-state index contributed by atoms with van der Waals surface area (Å²) in [6.45, 7) is 14.9. The fraction of sp³-hybridized carbons (Fsp3) is 0.231. The van der Waals surface area contributed by atoms with E-state index in [1.165, 1.54) is 0 Å². The molecule has 0 bridgehead atoms. The summed E-state index contributed by atoms with van der Waals surface area (Å²) in [5.74, 6) is 0. The van der Waals surface area contributed by atoms with E-state index < -0.39 is 0 Å². The van der Waals surface area contributed by atoms with Gasteiger partial charge in [0.05, 0.1) is 0 Å². The minimum Gasteiger partial charge on any atom is -0.103 e. The van der Waals surface area contributed by atoms with Gasteiger partial charge >= 0.3 is 0 Å². The van der Waals surface area contributed by atoms with Gasteiger partial charge in [0.2, 0.25) is 0 Å². The molecule has 0 N–H and O–H groups in total. The van der Waals surface area contributed by atoms with Gasteiger partial charge < -0.3 is 0 Å². The molecule has 0 heterocycles. The fourth-order valence-corrected chi connectivity index (χ4v) is 0.501. The highest BCUT2D eigenvalue weighted by Crippen LogP contribution is 1.93. The van der Waals surface area contributed by atoms with Gasteiger partial charge in [-0.1, -0.05) is 63.5 Å². The Morgan fingerprint density at radius 3 is 2.23 bits per heavy atom. The molecule has 72 valence electrons. The largest absolute Gasteiger partial charge is 0.103 e. The van der Waals surface area contributed by atoms with E-state index in [9.17, 15) is 0 Å². The van der Waals surface area contributed by atoms with Gasteiger partial charge in [0, 0.05) is 0 Å². The predicted octanol–water partition coefficient (Wildman–Crippen LogP) is 4.44. The first-order valence-corrected chi connectivity index (χ1v) is 4.56. The monoisotopic (exact) mass is 176 g/mol. The van der Waals surface area contributed by atoms with Crippen LogP contribution in [-0.2, 0) is 0 Å². The zero-order chi connectivity index (χ0) is 10.5. The Labute approximate surface area is 82.7 Å². The first-order valence-electron chi connectivity index (χ1n) is 4.56. The first kappa shape index (κ1) is 14.2. The zero-order valence-corrected chi connectivity index (χ0v) is 8.79. The lowest BCUT2D eigenvalue weighted by Crippen LogP contribution is -1.61. The lowest BCUT2D eigenvalue weighted by Gasteiger charge is -1.82. The molecule has 0 radical (unpaired) electrons. The van der Waals surface area contributed by atoms with E-state index in [0.29, 0.717) is 0 Å². The van der Waals surface area contributed by atoms with Crippen LogP contribution in [0, 0.1) is 0 Å². The van der Waals surface area contributed by atoms with Gasteiger partial charge in [-0.2, -0.15) is 0 Å². The highest BCUT2D eigenvalue weighted by Gasteiger charge is 1.72. The van der Waals surface area contributed by atoms with E-state index in [1.54, 1.807) is 6.08 Å². The molecule has 0 aromatic carbocycles. The van der Waals surface area contributed by atoms with E-state index in [-0.39, 0.29) is 0 Å². The second kappa shape index (κ2) is 13.3. The standard InChI is InChI=1S/C11H14.C2H6/c1-4-6-7-8-9-10-11(3)5-2;1-2/h4-5,7-10H,1-3,6H2;1-2H3/b8-7-,10-9-;. The molecule has 0 aliphatic heterocycles. The Bertz CT molecular complexity index is 192. The maximum absolute atomic E-state index is 3.73. The molecule has 0 saturated carbocycles. The molecule has 0 nitrogen and oxygen atoms in total. The third-order valence-corrected chi connectivity index (χ3v) is 1.12. The molecule has 0 aromatic heterocycles. The Balaban J connectivity index is 0. The topological polar surface area (TPSA) is 0 Å². The van der Waals surface area contributed by atoms with Crippen LogP contribution in [0.1, 0.15) is 20.3 Å². The van der Waals surface area contributed by atoms with Gasteiger partial charge in [0.25, 0.3) is 0 Å². The van der Waals surface area contributed by atoms with Crippen molar-refractivity contribution in [1.29, 1.82) is 0 Å². The van der Waals surface area contributed by atoms with Gasteiger partial charge in [0.1, 0.15) is 0 Å². The van der Waals surface area contributed by atoms with Crippen LogP contribution in [0.3, 0.4) is 0 Å². The summed E-state index contributed by atoms with van der Waals surface area (Å²) in [4.78, 5) is 0. The zero-order valence-electron chi connectivity index (χ0n) is 8.79. The first-order chi connectivity index (χ1) is 6.31. The summed E-state index contributed by atoms with van der Waals surface area (Å²) in [6, 6.07) is 0. The minimum absolute atomic E-state index is 0.908. The molecule has 0 rings (SSSR count). The minimum atomic E-state index is 0.908. The van der Waals surface area contributed by atoms with E-state index in [0.717, 1.165) is 12.0 Å². The van der Waals surface area contributed by atoms with E-state index >= 15 is 0 Å². The van der Waals surface area contributed by atoms with Gasteiger partial charge in [-0.3, -0.25) is 0 Å². The third kappa shape index (κ3) is 13.7. The van der Waals surface area contributed by atoms with Crippen molar-refractivity contribution in [2.45, 2.75) is 20.3 Å². The Morgan fingerprint density at radius 1 is 1.15 bits per heavy atom. The highest BCUT2D eigenvalue weighted by molar-refractivity contribution is 5.27. The smallest absolute Gasteiger partial charge is 0.0169 e. The molecule has 0 amide bonds. The van der Waals surface area contributed by atoms with Gasteiger partial charge in [0.15, 0.2) is 0 Å². The van der Waals surface area contributed by atoms with E-state index in [2.05, 4.69) is 19.7 Å². The number of hydrogen-bond donors (Lipinski definition) is 0. The van der Waals surface area contributed by atoms with Crippen molar-refractivity contribution in [1.82, 2.24) is 0 Å². The average molecular weight is 176 g/mol. The maximum atomic E-state index is 3.73. The number of allylic oxidation sites excluding steroid dienone is 7. The lowest BCUT2D eigenvalue weighted by atomic mass is 10.2. The van der Waals surface area contributed by atoms with Gasteiger partial charge in [-0.15, -0.1) is 6.58 Å². The van der Waals surface area contributed by atoms with E-state index in [1.807, 2.05) is 44.2 Å². The second-order valence-electron chi connectivity index (χ2n) is 2.09. The van der Waals surface area contributed by atoms with Crippen LogP contribution in [0.4, 0.5) is 0 Å². The molecule has 0 fully saturated rings. The van der Waals surface area contributed by atoms with Crippen molar-refractivity contribution < 1.29 is 0 Å². The molecule has 0 saturated heterocycles. The van der Waals surface area contributed by atoms with Crippen molar-refractivity contribution in [3.8, 4) is 0 Å². The molecule has 0 unspecified atom stereocenters. The van der Waals surface area contributed by atoms with Crippen LogP contribution >= 0.6 is 0 Å². The van der Waals surface area contributed by atoms with Crippen LogP contribution in [-0.4, -0.2) is 0 Å². The van der Waals surface area contributed by atoms with Crippen molar-refractivity contribution >= 4 is 0 Å². The lowest BCUT2D eigenvalue weighted by molar-refractivity contribution is 1.41. The summed E-state index contributed by atoms with van der Waals surface area (Å²) in [5.41, 5.74) is 0.924. The van der Waals surface area contributed by atoms with Crippen LogP contribution in [0.2, 0.25) is 0 Å². The Hall–Kier alpha value is -1.30. The number of rotatable bonds is 5. The van der Waals surface area contributed by atoms with Crippen LogP contribution in [0.5, 0.6) is 0 Å². The summed E-state index contributed by atoms with van der Waals surface area (Å²) >= 11 is 0. The second-order valence-corrected chi connectivity index (χ2v) is 2.09. The molecule has 13 heavy (non-hydrogen) atoms. The summed E-state index contributed by atoms with van der Waals surface area (Å²) in [7, 11) is 0. The van der Waals surface area contributed by atoms with Crippen molar-refractivity contribution in [2.75, 3.05) is 0 Å². The molecule has 0 spiro atoms. The van der Waals surface area contributed by atoms with Crippen molar-refractivity contribution in [2.24, 2.45) is 0 Å². The molecule has 0 aliphatic carbocycles. The van der Waals surface area contributed by atoms with Crippen LogP contribution in [0.25, 0.3) is 0 Å². The fourth-order valence-electron chi connectivity index (χ4n) is 0.501. The summed E-state index contributed by atoms with van der Waals surface area (Å²) in [6.07, 6.45) is 12.3. The molecule has 0 heteroatoms. The molecule has 0 aromatic rings.